The molecule has 3 aromatic rings. The van der Waals surface area contributed by atoms with Crippen LogP contribution in [0.4, 0.5) is 27.1 Å². The monoisotopic (exact) mass is 414 g/mol. The summed E-state index contributed by atoms with van der Waals surface area (Å²) in [6, 6.07) is 6.91. The Labute approximate surface area is 159 Å². The van der Waals surface area contributed by atoms with Crippen LogP contribution in [0.1, 0.15) is 15.2 Å². The maximum Gasteiger partial charge on any atom is 0.387 e. The first-order valence-electron chi connectivity index (χ1n) is 7.73. The summed E-state index contributed by atoms with van der Waals surface area (Å²) in [4.78, 5) is 17.1. The van der Waals surface area contributed by atoms with Crippen LogP contribution in [-0.4, -0.2) is 17.5 Å². The van der Waals surface area contributed by atoms with Crippen LogP contribution in [0.25, 0.3) is 11.3 Å². The van der Waals surface area contributed by atoms with E-state index in [1.54, 1.807) is 6.92 Å². The highest BCUT2D eigenvalue weighted by molar-refractivity contribution is 7.16. The molecule has 1 aromatic heterocycles. The Morgan fingerprint density at radius 1 is 1.11 bits per heavy atom. The smallest absolute Gasteiger partial charge is 0.387 e. The van der Waals surface area contributed by atoms with Crippen molar-refractivity contribution >= 4 is 22.4 Å². The number of thiazole rings is 1. The van der Waals surface area contributed by atoms with E-state index in [-0.39, 0.29) is 10.9 Å². The number of carbonyl (C=O) groups excluding carboxylic acids is 1. The zero-order valence-electron chi connectivity index (χ0n) is 14.1. The maximum absolute atomic E-state index is 13.3. The number of hydrogen-bond donors (Lipinski definition) is 1. The van der Waals surface area contributed by atoms with Gasteiger partial charge in [0.1, 0.15) is 5.75 Å². The number of ether oxygens (including phenoxy) is 1. The van der Waals surface area contributed by atoms with E-state index in [0.29, 0.717) is 28.3 Å². The van der Waals surface area contributed by atoms with E-state index in [1.807, 2.05) is 0 Å². The zero-order chi connectivity index (χ0) is 20.4. The summed E-state index contributed by atoms with van der Waals surface area (Å²) in [6.07, 6.45) is 0. The molecule has 1 N–H and O–H groups in total. The summed E-state index contributed by atoms with van der Waals surface area (Å²) < 4.78 is 68.2. The van der Waals surface area contributed by atoms with Gasteiger partial charge in [-0.2, -0.15) is 8.78 Å². The Hall–Kier alpha value is -3.01. The van der Waals surface area contributed by atoms with Gasteiger partial charge in [0, 0.05) is 16.0 Å². The molecule has 10 heteroatoms. The third kappa shape index (κ3) is 4.28. The summed E-state index contributed by atoms with van der Waals surface area (Å²) >= 11 is 1.10. The first kappa shape index (κ1) is 19.7. The lowest BCUT2D eigenvalue weighted by Crippen LogP contribution is -2.13. The fraction of sp³-hybridized carbons (Fsp3) is 0.111. The molecule has 0 saturated carbocycles. The number of alkyl halides is 2. The van der Waals surface area contributed by atoms with Gasteiger partial charge < -0.3 is 4.74 Å². The molecule has 0 aliphatic heterocycles. The molecule has 2 aromatic carbocycles. The largest absolute Gasteiger partial charge is 0.435 e. The van der Waals surface area contributed by atoms with Crippen LogP contribution < -0.4 is 10.1 Å². The molecular weight excluding hydrogens is 403 g/mol. The molecule has 146 valence electrons. The number of carbonyl (C=O) groups is 1. The predicted molar refractivity (Wildman–Crippen MR) is 93.2 cm³/mol. The van der Waals surface area contributed by atoms with Gasteiger partial charge in [0.2, 0.25) is 0 Å². The summed E-state index contributed by atoms with van der Waals surface area (Å²) in [6.45, 7) is -1.21. The number of rotatable bonds is 5. The van der Waals surface area contributed by atoms with Crippen molar-refractivity contribution < 1.29 is 31.5 Å². The third-order valence-corrected chi connectivity index (χ3v) is 4.50. The summed E-state index contributed by atoms with van der Waals surface area (Å²) in [5.74, 6) is -5.50. The lowest BCUT2D eigenvalue weighted by molar-refractivity contribution is -0.0498. The predicted octanol–water partition coefficient (Wildman–Crippen LogP) is 5.39. The molecule has 0 spiro atoms. The van der Waals surface area contributed by atoms with Crippen LogP contribution in [0.15, 0.2) is 36.4 Å². The number of nitrogens with zero attached hydrogens (tertiary/aromatic N) is 1. The van der Waals surface area contributed by atoms with Gasteiger partial charge in [0.15, 0.2) is 22.6 Å². The van der Waals surface area contributed by atoms with E-state index in [1.165, 1.54) is 24.3 Å². The second-order valence-electron chi connectivity index (χ2n) is 5.53. The van der Waals surface area contributed by atoms with Crippen molar-refractivity contribution in [1.82, 2.24) is 4.98 Å². The van der Waals surface area contributed by atoms with Crippen molar-refractivity contribution in [2.24, 2.45) is 0 Å². The Bertz CT molecular complexity index is 998. The molecular formula is C18H11F5N2O2S. The van der Waals surface area contributed by atoms with Gasteiger partial charge in [-0.05, 0) is 43.3 Å². The van der Waals surface area contributed by atoms with E-state index in [9.17, 15) is 26.7 Å². The summed E-state index contributed by atoms with van der Waals surface area (Å²) in [7, 11) is 0. The van der Waals surface area contributed by atoms with Crippen molar-refractivity contribution in [1.29, 1.82) is 0 Å². The maximum atomic E-state index is 13.3. The summed E-state index contributed by atoms with van der Waals surface area (Å²) in [5, 5.41) is 2.54. The topological polar surface area (TPSA) is 51.2 Å². The van der Waals surface area contributed by atoms with Crippen LogP contribution in [0.3, 0.4) is 0 Å². The van der Waals surface area contributed by atoms with Gasteiger partial charge >= 0.3 is 6.61 Å². The van der Waals surface area contributed by atoms with Crippen LogP contribution in [0.5, 0.6) is 5.75 Å². The van der Waals surface area contributed by atoms with Gasteiger partial charge in [-0.3, -0.25) is 10.1 Å². The molecule has 1 heterocycles. The Morgan fingerprint density at radius 3 is 2.29 bits per heavy atom. The number of aryl methyl sites for hydroxylation is 1. The minimum absolute atomic E-state index is 0.0134. The number of hydrogen-bond acceptors (Lipinski definition) is 4. The highest BCUT2D eigenvalue weighted by atomic mass is 32.1. The minimum Gasteiger partial charge on any atom is -0.435 e. The van der Waals surface area contributed by atoms with E-state index in [2.05, 4.69) is 15.0 Å². The molecule has 0 aliphatic rings. The van der Waals surface area contributed by atoms with E-state index >= 15 is 0 Å². The van der Waals surface area contributed by atoms with Gasteiger partial charge in [-0.15, -0.1) is 11.3 Å². The fourth-order valence-electron chi connectivity index (χ4n) is 2.37. The number of nitrogens with one attached hydrogen (secondary N) is 1. The van der Waals surface area contributed by atoms with E-state index < -0.39 is 35.5 Å². The lowest BCUT2D eigenvalue weighted by Gasteiger charge is -2.05. The molecule has 0 bridgehead atoms. The van der Waals surface area contributed by atoms with Crippen LogP contribution in [0, 0.1) is 24.4 Å². The second kappa shape index (κ2) is 7.93. The van der Waals surface area contributed by atoms with E-state index in [4.69, 9.17) is 0 Å². The fourth-order valence-corrected chi connectivity index (χ4v) is 3.20. The molecule has 0 radical (unpaired) electrons. The average molecular weight is 414 g/mol. The third-order valence-electron chi connectivity index (χ3n) is 3.62. The molecule has 0 aliphatic carbocycles. The minimum atomic E-state index is -2.94. The molecule has 1 amide bonds. The van der Waals surface area contributed by atoms with Gasteiger partial charge in [0.05, 0.1) is 5.69 Å². The molecule has 28 heavy (non-hydrogen) atoms. The first-order valence-corrected chi connectivity index (χ1v) is 8.55. The number of amides is 1. The van der Waals surface area contributed by atoms with Crippen molar-refractivity contribution in [2.45, 2.75) is 13.5 Å². The molecule has 0 unspecified atom stereocenters. The highest BCUT2D eigenvalue weighted by Crippen LogP contribution is 2.32. The quantitative estimate of drug-likeness (QED) is 0.450. The van der Waals surface area contributed by atoms with Gasteiger partial charge in [-0.1, -0.05) is 0 Å². The standard InChI is InChI=1S/C18H11F5N2O2S/c1-8-15(9-2-4-11(5-3-9)27-17(22)23)24-18(28-8)25-16(26)10-6-12(19)14(21)13(20)7-10/h2-7,17H,1H3,(H,24,25,26). The first-order chi connectivity index (χ1) is 13.2. The number of halogens is 5. The zero-order valence-corrected chi connectivity index (χ0v) is 14.9. The Kier molecular flexibility index (Phi) is 5.59. The average Bonchev–Trinajstić information content (AvgIpc) is 2.99. The molecule has 0 atom stereocenters. The van der Waals surface area contributed by atoms with Crippen molar-refractivity contribution in [3.8, 4) is 17.0 Å². The highest BCUT2D eigenvalue weighted by Gasteiger charge is 2.17. The molecule has 4 nitrogen and oxygen atoms in total. The van der Waals surface area contributed by atoms with Crippen molar-refractivity contribution in [2.75, 3.05) is 5.32 Å². The normalized spacial score (nSPS) is 11.0. The number of aromatic nitrogens is 1. The Balaban J connectivity index is 1.79. The number of anilines is 1. The SMILES string of the molecule is Cc1sc(NC(=O)c2cc(F)c(F)c(F)c2)nc1-c1ccc(OC(F)F)cc1. The van der Waals surface area contributed by atoms with Gasteiger partial charge in [-0.25, -0.2) is 18.2 Å². The molecule has 3 rings (SSSR count). The van der Waals surface area contributed by atoms with Crippen LogP contribution >= 0.6 is 11.3 Å². The molecule has 0 saturated heterocycles. The Morgan fingerprint density at radius 2 is 1.71 bits per heavy atom. The summed E-state index contributed by atoms with van der Waals surface area (Å²) in [5.41, 5.74) is 0.675. The van der Waals surface area contributed by atoms with Crippen molar-refractivity contribution in [3.05, 3.63) is 64.3 Å². The van der Waals surface area contributed by atoms with Crippen LogP contribution in [0.2, 0.25) is 0 Å². The van der Waals surface area contributed by atoms with Crippen molar-refractivity contribution in [3.63, 3.8) is 0 Å². The lowest BCUT2D eigenvalue weighted by atomic mass is 10.1. The van der Waals surface area contributed by atoms with Gasteiger partial charge in [0.25, 0.3) is 5.91 Å². The van der Waals surface area contributed by atoms with Crippen LogP contribution in [-0.2, 0) is 0 Å². The number of benzene rings is 2. The van der Waals surface area contributed by atoms with E-state index in [0.717, 1.165) is 11.3 Å². The second-order valence-corrected chi connectivity index (χ2v) is 6.74. The molecule has 0 fully saturated rings.